The molecule has 6 unspecified atom stereocenters. The Morgan fingerprint density at radius 1 is 0.358 bits per heavy atom. The Morgan fingerprint density at radius 3 is 0.916 bits per heavy atom. The number of rotatable bonds is 31. The van der Waals surface area contributed by atoms with Crippen LogP contribution in [0, 0.1) is 0 Å². The average molecular weight is 1430 g/mol. The van der Waals surface area contributed by atoms with Crippen molar-refractivity contribution in [1.29, 1.82) is 0 Å². The number of carbonyl (C=O) groups is 16. The first kappa shape index (κ1) is 80.5. The van der Waals surface area contributed by atoms with Crippen LogP contribution in [0.25, 0.3) is 0 Å². The van der Waals surface area contributed by atoms with Gasteiger partial charge in [0, 0.05) is 76.1 Å². The molecule has 0 saturated carbocycles. The van der Waals surface area contributed by atoms with Crippen molar-refractivity contribution in [2.75, 3.05) is 48.2 Å². The minimum atomic E-state index is -1.32. The van der Waals surface area contributed by atoms with Gasteiger partial charge in [0.25, 0.3) is 0 Å². The van der Waals surface area contributed by atoms with Gasteiger partial charge in [-0.25, -0.2) is 28.8 Å². The zero-order valence-corrected chi connectivity index (χ0v) is 57.2. The van der Waals surface area contributed by atoms with E-state index in [0.29, 0.717) is 47.0 Å². The van der Waals surface area contributed by atoms with Crippen LogP contribution in [-0.2, 0) is 67.0 Å². The van der Waals surface area contributed by atoms with Crippen molar-refractivity contribution in [3.05, 3.63) is 119 Å². The quantitative estimate of drug-likeness (QED) is 0.0203. The Kier molecular flexibility index (Phi) is 35.5. The van der Waals surface area contributed by atoms with Crippen LogP contribution in [0.2, 0.25) is 0 Å². The third kappa shape index (κ3) is 28.4. The maximum absolute atomic E-state index is 13.3. The van der Waals surface area contributed by atoms with Gasteiger partial charge in [-0.3, -0.25) is 47.9 Å². The molecule has 0 aliphatic rings. The van der Waals surface area contributed by atoms with E-state index in [1.54, 1.807) is 6.92 Å². The lowest BCUT2D eigenvalue weighted by atomic mass is 10.2. The molecule has 95 heavy (non-hydrogen) atoms. The molecule has 34 heteroatoms. The van der Waals surface area contributed by atoms with Crippen LogP contribution in [0.4, 0.5) is 0 Å². The molecule has 0 spiro atoms. The minimum Gasteiger partial charge on any atom is -0.467 e. The molecule has 4 aromatic rings. The molecule has 0 heterocycles. The Hall–Kier alpha value is -8.70. The van der Waals surface area contributed by atoms with E-state index in [-0.39, 0.29) is 86.4 Å². The number of methoxy groups -OCH3 is 1. The molecule has 4 rings (SSSR count). The van der Waals surface area contributed by atoms with Gasteiger partial charge in [-0.1, -0.05) is 95.6 Å². The molecular formula is C61H68N6O22S6. The largest absolute Gasteiger partial charge is 0.467 e. The fraction of sp³-hybridized carbons (Fsp3) is 0.344. The van der Waals surface area contributed by atoms with E-state index in [1.807, 2.05) is 0 Å². The monoisotopic (exact) mass is 1430 g/mol. The highest BCUT2D eigenvalue weighted by molar-refractivity contribution is 8.14. The molecular weight excluding hydrogens is 1360 g/mol. The van der Waals surface area contributed by atoms with Crippen molar-refractivity contribution in [3.8, 4) is 23.0 Å². The molecule has 6 amide bonds. The number of hydrogen-bond acceptors (Lipinski definition) is 28. The maximum atomic E-state index is 13.3. The van der Waals surface area contributed by atoms with Crippen molar-refractivity contribution in [3.63, 3.8) is 0 Å². The number of nitrogens with one attached hydrogen (secondary N) is 6. The number of carbonyl (C=O) groups excluding carboxylic acids is 16. The molecule has 0 saturated heterocycles. The maximum Gasteiger partial charge on any atom is 0.347 e. The summed E-state index contributed by atoms with van der Waals surface area (Å²) in [4.78, 5) is 198. The number of amides is 6. The highest BCUT2D eigenvalue weighted by atomic mass is 32.2. The lowest BCUT2D eigenvalue weighted by molar-refractivity contribution is -0.146. The van der Waals surface area contributed by atoms with E-state index in [4.69, 9.17) is 23.7 Å². The third-order valence-corrected chi connectivity index (χ3v) is 16.5. The zero-order valence-electron chi connectivity index (χ0n) is 52.2. The number of hydrogen-bond donors (Lipinski definition) is 8. The minimum absolute atomic E-state index is 0.00858. The summed E-state index contributed by atoms with van der Waals surface area (Å²) in [5, 5.41) is 12.4. The SMILES string of the molecule is CCOC(=O)C(CSC(=O)c1ccccc1OC(=O)c1ccccc1OC(=O)C(CSC(=O)C(CS)NC(C)=O)NC(C)=O)NC(C)=O.COC(=O)C(CSC(=O)c1ccccc1OC(=O)c1ccccc1OC(=O)C(CSC(=O)C(CS)NC(C)=O)NC(C)=O)NC(C)=O. The molecule has 0 aliphatic carbocycles. The summed E-state index contributed by atoms with van der Waals surface area (Å²) in [6.07, 6.45) is 0. The summed E-state index contributed by atoms with van der Waals surface area (Å²) in [5.74, 6) is -9.98. The van der Waals surface area contributed by atoms with E-state index in [0.717, 1.165) is 7.11 Å². The predicted molar refractivity (Wildman–Crippen MR) is 357 cm³/mol. The number of benzene rings is 4. The first-order valence-electron chi connectivity index (χ1n) is 28.0. The van der Waals surface area contributed by atoms with Gasteiger partial charge in [-0.2, -0.15) is 25.3 Å². The second-order valence-corrected chi connectivity index (χ2v) is 24.0. The molecule has 0 fully saturated rings. The van der Waals surface area contributed by atoms with Gasteiger partial charge in [-0.05, 0) is 55.5 Å². The van der Waals surface area contributed by atoms with E-state index in [2.05, 4.69) is 61.9 Å². The van der Waals surface area contributed by atoms with Crippen LogP contribution in [0.5, 0.6) is 23.0 Å². The second-order valence-electron chi connectivity index (χ2n) is 19.2. The van der Waals surface area contributed by atoms with Crippen molar-refractivity contribution >= 4 is 164 Å². The molecule has 28 nitrogen and oxygen atoms in total. The number of thiol groups is 2. The first-order chi connectivity index (χ1) is 45.0. The van der Waals surface area contributed by atoms with Crippen molar-refractivity contribution in [2.24, 2.45) is 0 Å². The van der Waals surface area contributed by atoms with E-state index in [1.165, 1.54) is 139 Å². The Bertz CT molecular complexity index is 3500. The van der Waals surface area contributed by atoms with Gasteiger partial charge in [-0.15, -0.1) is 0 Å². The Balaban J connectivity index is 0.000000495. The lowest BCUT2D eigenvalue weighted by Gasteiger charge is -2.19. The fourth-order valence-corrected chi connectivity index (χ4v) is 11.7. The summed E-state index contributed by atoms with van der Waals surface area (Å²) in [6, 6.07) is 16.2. The summed E-state index contributed by atoms with van der Waals surface area (Å²) < 4.78 is 31.5. The predicted octanol–water partition coefficient (Wildman–Crippen LogP) is 3.51. The van der Waals surface area contributed by atoms with E-state index in [9.17, 15) is 76.7 Å². The molecule has 4 aromatic carbocycles. The summed E-state index contributed by atoms with van der Waals surface area (Å²) in [7, 11) is 1.14. The average Bonchev–Trinajstić information content (AvgIpc) is 0.855. The van der Waals surface area contributed by atoms with Crippen LogP contribution in [0.3, 0.4) is 0 Å². The van der Waals surface area contributed by atoms with Gasteiger partial charge in [0.2, 0.25) is 55.9 Å². The molecule has 6 atom stereocenters. The zero-order chi connectivity index (χ0) is 70.9. The molecule has 0 aromatic heterocycles. The second kappa shape index (κ2) is 41.9. The topological polar surface area (TPSA) is 401 Å². The first-order valence-corrected chi connectivity index (χ1v) is 33.2. The number of thioether (sulfide) groups is 4. The molecule has 0 radical (unpaired) electrons. The van der Waals surface area contributed by atoms with Crippen LogP contribution in [0.15, 0.2) is 97.1 Å². The molecule has 6 N–H and O–H groups in total. The van der Waals surface area contributed by atoms with E-state index < -0.39 is 128 Å². The van der Waals surface area contributed by atoms with Gasteiger partial charge >= 0.3 is 35.8 Å². The molecule has 510 valence electrons. The van der Waals surface area contributed by atoms with Crippen LogP contribution in [-0.4, -0.2) is 176 Å². The van der Waals surface area contributed by atoms with Crippen LogP contribution >= 0.6 is 72.3 Å². The van der Waals surface area contributed by atoms with Crippen LogP contribution < -0.4 is 50.8 Å². The smallest absolute Gasteiger partial charge is 0.347 e. The summed E-state index contributed by atoms with van der Waals surface area (Å²) >= 11 is 10.9. The van der Waals surface area contributed by atoms with Gasteiger partial charge in [0.05, 0.1) is 24.8 Å². The Labute approximate surface area is 572 Å². The normalized spacial score (nSPS) is 12.4. The number of ether oxygens (including phenoxy) is 6. The van der Waals surface area contributed by atoms with Crippen molar-refractivity contribution < 1.29 is 105 Å². The molecule has 0 bridgehead atoms. The number of esters is 6. The standard InChI is InChI=1S/C31H35N3O11S3.C30H33N3O11S3/c1-5-43-28(39)23(33-18(3)36)15-47-30(41)21-11-7-9-13-26(21)44-27(38)20-10-6-8-12-25(20)45-29(40)24(34-19(4)37)16-48-31(42)22(14-46)32-17(2)35;1-16(34)31-21(13-45)30(41)47-15-23(33-18(3)36)28(39)44-24-11-7-5-9-19(24)26(37)43-25-12-8-6-10-20(25)29(40)46-14-22(27(38)42-4)32-17(2)35/h6-13,22-24,46H,5,14-16H2,1-4H3,(H,32,35)(H,33,36)(H,34,37);5-12,21-23,45H,13-15H2,1-4H3,(H,31,34)(H,32,35)(H,33,36). The lowest BCUT2D eigenvalue weighted by Crippen LogP contribution is -2.45. The van der Waals surface area contributed by atoms with Crippen LogP contribution in [0.1, 0.15) is 89.9 Å². The highest BCUT2D eigenvalue weighted by Gasteiger charge is 2.32. The van der Waals surface area contributed by atoms with Gasteiger partial charge in [0.1, 0.15) is 70.4 Å². The van der Waals surface area contributed by atoms with Gasteiger partial charge < -0.3 is 60.3 Å². The van der Waals surface area contributed by atoms with Crippen molar-refractivity contribution in [2.45, 2.75) is 84.7 Å². The summed E-state index contributed by atoms with van der Waals surface area (Å²) in [5.41, 5.74) is -0.418. The molecule has 0 aliphatic heterocycles. The van der Waals surface area contributed by atoms with Gasteiger partial charge in [0.15, 0.2) is 0 Å². The summed E-state index contributed by atoms with van der Waals surface area (Å²) in [6.45, 7) is 8.92. The number of para-hydroxylation sites is 4. The van der Waals surface area contributed by atoms with E-state index >= 15 is 0 Å². The Morgan fingerprint density at radius 2 is 0.621 bits per heavy atom. The fourth-order valence-electron chi connectivity index (χ4n) is 7.46. The third-order valence-electron chi connectivity index (χ3n) is 11.6. The highest BCUT2D eigenvalue weighted by Crippen LogP contribution is 2.30. The van der Waals surface area contributed by atoms with Crippen molar-refractivity contribution in [1.82, 2.24) is 31.9 Å².